The van der Waals surface area contributed by atoms with E-state index >= 15 is 0 Å². The summed E-state index contributed by atoms with van der Waals surface area (Å²) in [6.45, 7) is 6.35. The summed E-state index contributed by atoms with van der Waals surface area (Å²) in [6.07, 6.45) is 0. The average Bonchev–Trinajstić information content (AvgIpc) is 2.39. The van der Waals surface area contributed by atoms with Crippen LogP contribution in [0.15, 0.2) is 0 Å². The molecule has 1 aromatic heterocycles. The van der Waals surface area contributed by atoms with Crippen molar-refractivity contribution in [2.24, 2.45) is 0 Å². The highest BCUT2D eigenvalue weighted by atomic mass is 16.5. The lowest BCUT2D eigenvalue weighted by atomic mass is 10.3. The van der Waals surface area contributed by atoms with Crippen molar-refractivity contribution in [3.8, 4) is 6.01 Å². The number of hydrogen-bond donors (Lipinski definition) is 1. The fourth-order valence-corrected chi connectivity index (χ4v) is 1.80. The summed E-state index contributed by atoms with van der Waals surface area (Å²) in [7, 11) is 3.91. The Balaban J connectivity index is 2.17. The van der Waals surface area contributed by atoms with Gasteiger partial charge in [-0.25, -0.2) is 0 Å². The van der Waals surface area contributed by atoms with Crippen LogP contribution in [0.4, 0.5) is 11.9 Å². The fourth-order valence-electron chi connectivity index (χ4n) is 1.80. The Kier molecular flexibility index (Phi) is 4.14. The van der Waals surface area contributed by atoms with Gasteiger partial charge in [0.15, 0.2) is 0 Å². The van der Waals surface area contributed by atoms with Gasteiger partial charge in [0, 0.05) is 33.2 Å². The molecule has 1 N–H and O–H groups in total. The van der Waals surface area contributed by atoms with E-state index in [1.807, 2.05) is 6.92 Å². The molecule has 18 heavy (non-hydrogen) atoms. The van der Waals surface area contributed by atoms with Gasteiger partial charge in [0.2, 0.25) is 11.9 Å². The van der Waals surface area contributed by atoms with Crippen LogP contribution in [0, 0.1) is 0 Å². The lowest BCUT2D eigenvalue weighted by molar-refractivity contribution is 0.303. The zero-order chi connectivity index (χ0) is 13.0. The first-order valence-electron chi connectivity index (χ1n) is 6.23. The van der Waals surface area contributed by atoms with Gasteiger partial charge in [-0.1, -0.05) is 0 Å². The Morgan fingerprint density at radius 3 is 2.50 bits per heavy atom. The van der Waals surface area contributed by atoms with Crippen molar-refractivity contribution in [2.45, 2.75) is 6.92 Å². The van der Waals surface area contributed by atoms with Gasteiger partial charge in [-0.05, 0) is 14.0 Å². The quantitative estimate of drug-likeness (QED) is 0.813. The number of rotatable bonds is 4. The van der Waals surface area contributed by atoms with E-state index in [1.54, 1.807) is 7.05 Å². The maximum Gasteiger partial charge on any atom is 0.323 e. The van der Waals surface area contributed by atoms with E-state index in [9.17, 15) is 0 Å². The monoisotopic (exact) mass is 252 g/mol. The molecule has 0 spiro atoms. The van der Waals surface area contributed by atoms with Crippen LogP contribution in [-0.4, -0.2) is 66.7 Å². The molecule has 0 bridgehead atoms. The Labute approximate surface area is 107 Å². The lowest BCUT2D eigenvalue weighted by Gasteiger charge is -2.32. The van der Waals surface area contributed by atoms with Crippen molar-refractivity contribution >= 4 is 11.9 Å². The smallest absolute Gasteiger partial charge is 0.323 e. The van der Waals surface area contributed by atoms with Crippen LogP contribution >= 0.6 is 0 Å². The van der Waals surface area contributed by atoms with E-state index in [1.165, 1.54) is 0 Å². The van der Waals surface area contributed by atoms with Crippen molar-refractivity contribution < 1.29 is 4.74 Å². The van der Waals surface area contributed by atoms with Gasteiger partial charge in [0.05, 0.1) is 6.61 Å². The van der Waals surface area contributed by atoms with Gasteiger partial charge in [0.25, 0.3) is 0 Å². The normalized spacial score (nSPS) is 16.7. The lowest BCUT2D eigenvalue weighted by Crippen LogP contribution is -2.45. The van der Waals surface area contributed by atoms with Gasteiger partial charge in [-0.3, -0.25) is 0 Å². The first kappa shape index (κ1) is 12.8. The van der Waals surface area contributed by atoms with Gasteiger partial charge >= 0.3 is 6.01 Å². The molecule has 0 radical (unpaired) electrons. The molecule has 1 aromatic rings. The molecule has 0 unspecified atom stereocenters. The first-order valence-corrected chi connectivity index (χ1v) is 6.23. The fraction of sp³-hybridized carbons (Fsp3) is 0.727. The molecule has 0 aromatic carbocycles. The number of nitrogens with one attached hydrogen (secondary N) is 1. The van der Waals surface area contributed by atoms with Crippen LogP contribution in [0.2, 0.25) is 0 Å². The molecular weight excluding hydrogens is 232 g/mol. The van der Waals surface area contributed by atoms with E-state index in [2.05, 4.69) is 37.1 Å². The maximum absolute atomic E-state index is 5.36. The van der Waals surface area contributed by atoms with Gasteiger partial charge in [0.1, 0.15) is 0 Å². The second kappa shape index (κ2) is 5.81. The SMILES string of the molecule is CCOc1nc(NC)nc(N2CCN(C)CC2)n1. The maximum atomic E-state index is 5.36. The molecule has 0 atom stereocenters. The number of ether oxygens (including phenoxy) is 1. The highest BCUT2D eigenvalue weighted by molar-refractivity contribution is 5.38. The molecule has 7 nitrogen and oxygen atoms in total. The molecule has 1 saturated heterocycles. The van der Waals surface area contributed by atoms with Crippen molar-refractivity contribution in [3.05, 3.63) is 0 Å². The minimum absolute atomic E-state index is 0.380. The third-order valence-corrected chi connectivity index (χ3v) is 2.89. The van der Waals surface area contributed by atoms with Crippen LogP contribution in [0.5, 0.6) is 6.01 Å². The van der Waals surface area contributed by atoms with Crippen molar-refractivity contribution in [2.75, 3.05) is 57.1 Å². The van der Waals surface area contributed by atoms with Crippen molar-refractivity contribution in [3.63, 3.8) is 0 Å². The highest BCUT2D eigenvalue weighted by Crippen LogP contribution is 2.16. The second-order valence-electron chi connectivity index (χ2n) is 4.21. The van der Waals surface area contributed by atoms with E-state index in [0.717, 1.165) is 26.2 Å². The van der Waals surface area contributed by atoms with Gasteiger partial charge in [-0.2, -0.15) is 15.0 Å². The predicted octanol–water partition coefficient (Wildman–Crippen LogP) is 0.0638. The molecular formula is C11H20N6O. The molecule has 2 rings (SSSR count). The number of likely N-dealkylation sites (N-methyl/N-ethyl adjacent to an activating group) is 1. The zero-order valence-corrected chi connectivity index (χ0v) is 11.2. The van der Waals surface area contributed by atoms with Crippen LogP contribution in [0.1, 0.15) is 6.92 Å². The Bertz CT molecular complexity index is 391. The molecule has 7 heteroatoms. The van der Waals surface area contributed by atoms with Crippen LogP contribution in [0.3, 0.4) is 0 Å². The van der Waals surface area contributed by atoms with Gasteiger partial charge < -0.3 is 19.9 Å². The summed E-state index contributed by atoms with van der Waals surface area (Å²) in [5.74, 6) is 1.23. The van der Waals surface area contributed by atoms with Gasteiger partial charge in [-0.15, -0.1) is 0 Å². The summed E-state index contributed by atoms with van der Waals surface area (Å²) in [5.41, 5.74) is 0. The minimum Gasteiger partial charge on any atom is -0.464 e. The van der Waals surface area contributed by atoms with E-state index in [4.69, 9.17) is 4.74 Å². The van der Waals surface area contributed by atoms with E-state index in [0.29, 0.717) is 24.5 Å². The number of piperazine rings is 1. The predicted molar refractivity (Wildman–Crippen MR) is 70.3 cm³/mol. The average molecular weight is 252 g/mol. The van der Waals surface area contributed by atoms with Crippen LogP contribution in [0.25, 0.3) is 0 Å². The number of hydrogen-bond acceptors (Lipinski definition) is 7. The standard InChI is InChI=1S/C11H20N6O/c1-4-18-11-14-9(12-2)13-10(15-11)17-7-5-16(3)6-8-17/h4-8H2,1-3H3,(H,12,13,14,15). The molecule has 1 aliphatic rings. The molecule has 0 aliphatic carbocycles. The van der Waals surface area contributed by atoms with Crippen molar-refractivity contribution in [1.82, 2.24) is 19.9 Å². The minimum atomic E-state index is 0.380. The highest BCUT2D eigenvalue weighted by Gasteiger charge is 2.18. The molecule has 2 heterocycles. The zero-order valence-electron chi connectivity index (χ0n) is 11.2. The topological polar surface area (TPSA) is 66.4 Å². The molecule has 1 fully saturated rings. The summed E-state index contributed by atoms with van der Waals surface area (Å²) in [5, 5.41) is 2.93. The van der Waals surface area contributed by atoms with E-state index < -0.39 is 0 Å². The Morgan fingerprint density at radius 1 is 1.17 bits per heavy atom. The van der Waals surface area contributed by atoms with Crippen LogP contribution < -0.4 is 15.0 Å². The molecule has 1 aliphatic heterocycles. The Morgan fingerprint density at radius 2 is 1.89 bits per heavy atom. The summed E-state index contributed by atoms with van der Waals surface area (Å²) in [6, 6.07) is 0.380. The Hall–Kier alpha value is -1.63. The molecule has 100 valence electrons. The van der Waals surface area contributed by atoms with Crippen molar-refractivity contribution in [1.29, 1.82) is 0 Å². The third kappa shape index (κ3) is 2.98. The van der Waals surface area contributed by atoms with E-state index in [-0.39, 0.29) is 0 Å². The molecule has 0 saturated carbocycles. The largest absolute Gasteiger partial charge is 0.464 e. The van der Waals surface area contributed by atoms with Crippen LogP contribution in [-0.2, 0) is 0 Å². The summed E-state index contributed by atoms with van der Waals surface area (Å²) < 4.78 is 5.36. The number of aromatic nitrogens is 3. The summed E-state index contributed by atoms with van der Waals surface area (Å²) in [4.78, 5) is 17.3. The number of anilines is 2. The molecule has 0 amide bonds. The third-order valence-electron chi connectivity index (χ3n) is 2.89. The summed E-state index contributed by atoms with van der Waals surface area (Å²) >= 11 is 0. The first-order chi connectivity index (χ1) is 8.72. The second-order valence-corrected chi connectivity index (χ2v) is 4.21. The number of nitrogens with zero attached hydrogens (tertiary/aromatic N) is 5.